The average Bonchev–Trinajstić information content (AvgIpc) is 3.00. The van der Waals surface area contributed by atoms with Crippen LogP contribution in [0.3, 0.4) is 0 Å². The van der Waals surface area contributed by atoms with E-state index in [4.69, 9.17) is 4.52 Å². The lowest BCUT2D eigenvalue weighted by atomic mass is 10.1. The molecule has 22 heavy (non-hydrogen) atoms. The van der Waals surface area contributed by atoms with Crippen LogP contribution in [0.1, 0.15) is 15.9 Å². The molecule has 2 aromatic carbocycles. The average molecular weight is 296 g/mol. The topological polar surface area (TPSA) is 55.1 Å². The molecule has 1 aromatic heterocycles. The number of carbonyl (C=O) groups excluding carboxylic acids is 1. The normalized spacial score (nSPS) is 10.5. The van der Waals surface area contributed by atoms with Crippen LogP contribution in [-0.2, 0) is 0 Å². The van der Waals surface area contributed by atoms with E-state index in [0.29, 0.717) is 16.9 Å². The van der Waals surface area contributed by atoms with Crippen LogP contribution in [0.2, 0.25) is 0 Å². The fourth-order valence-electron chi connectivity index (χ4n) is 2.11. The number of benzene rings is 2. The zero-order chi connectivity index (χ0) is 15.5. The molecule has 1 amide bonds. The Morgan fingerprint density at radius 3 is 2.59 bits per heavy atom. The third-order valence-corrected chi connectivity index (χ3v) is 3.31. The van der Waals surface area contributed by atoms with Crippen LogP contribution in [0.4, 0.5) is 10.1 Å². The first-order valence-corrected chi connectivity index (χ1v) is 6.73. The Bertz CT molecular complexity index is 810. The summed E-state index contributed by atoms with van der Waals surface area (Å²) in [5, 5.41) is 6.50. The quantitative estimate of drug-likeness (QED) is 0.793. The van der Waals surface area contributed by atoms with Crippen molar-refractivity contribution >= 4 is 11.6 Å². The maximum Gasteiger partial charge on any atom is 0.261 e. The molecule has 0 atom stereocenters. The van der Waals surface area contributed by atoms with Crippen molar-refractivity contribution in [2.24, 2.45) is 0 Å². The molecular formula is C17H13FN2O2. The number of para-hydroxylation sites is 1. The molecule has 1 N–H and O–H groups in total. The van der Waals surface area contributed by atoms with Crippen LogP contribution in [0.5, 0.6) is 0 Å². The third-order valence-electron chi connectivity index (χ3n) is 3.31. The fraction of sp³-hybridized carbons (Fsp3) is 0.0588. The molecule has 3 aromatic rings. The Morgan fingerprint density at radius 1 is 1.14 bits per heavy atom. The monoisotopic (exact) mass is 296 g/mol. The van der Waals surface area contributed by atoms with Gasteiger partial charge in [0, 0.05) is 11.3 Å². The number of hydrogen-bond donors (Lipinski definition) is 1. The highest BCUT2D eigenvalue weighted by atomic mass is 19.1. The molecule has 5 heteroatoms. The van der Waals surface area contributed by atoms with Crippen molar-refractivity contribution in [1.82, 2.24) is 5.16 Å². The molecule has 0 aliphatic carbocycles. The summed E-state index contributed by atoms with van der Waals surface area (Å²) in [5.41, 5.74) is 2.57. The van der Waals surface area contributed by atoms with E-state index in [1.165, 1.54) is 18.3 Å². The minimum atomic E-state index is -0.353. The summed E-state index contributed by atoms with van der Waals surface area (Å²) in [7, 11) is 0. The van der Waals surface area contributed by atoms with E-state index in [0.717, 1.165) is 11.3 Å². The van der Waals surface area contributed by atoms with Crippen molar-refractivity contribution in [3.63, 3.8) is 0 Å². The summed E-state index contributed by atoms with van der Waals surface area (Å²) in [6.07, 6.45) is 1.35. The Kier molecular flexibility index (Phi) is 3.70. The van der Waals surface area contributed by atoms with E-state index in [1.54, 1.807) is 12.1 Å². The SMILES string of the molecule is Cc1ccccc1NC(=O)c1cnoc1-c1ccc(F)cc1. The van der Waals surface area contributed by atoms with Gasteiger partial charge in [-0.05, 0) is 42.8 Å². The van der Waals surface area contributed by atoms with E-state index in [2.05, 4.69) is 10.5 Å². The minimum absolute atomic E-state index is 0.301. The van der Waals surface area contributed by atoms with Crippen molar-refractivity contribution in [1.29, 1.82) is 0 Å². The van der Waals surface area contributed by atoms with Gasteiger partial charge in [0.15, 0.2) is 5.76 Å². The number of aromatic nitrogens is 1. The van der Waals surface area contributed by atoms with Crippen molar-refractivity contribution in [2.75, 3.05) is 5.32 Å². The predicted molar refractivity (Wildman–Crippen MR) is 81.0 cm³/mol. The zero-order valence-electron chi connectivity index (χ0n) is 11.8. The van der Waals surface area contributed by atoms with Crippen LogP contribution in [0.25, 0.3) is 11.3 Å². The summed E-state index contributed by atoms with van der Waals surface area (Å²) in [4.78, 5) is 12.4. The molecule has 0 unspecified atom stereocenters. The van der Waals surface area contributed by atoms with Crippen LogP contribution in [0.15, 0.2) is 59.3 Å². The molecule has 0 spiro atoms. The molecule has 1 heterocycles. The van der Waals surface area contributed by atoms with Crippen molar-refractivity contribution < 1.29 is 13.7 Å². The van der Waals surface area contributed by atoms with Crippen LogP contribution >= 0.6 is 0 Å². The van der Waals surface area contributed by atoms with Gasteiger partial charge in [0.1, 0.15) is 11.4 Å². The first-order valence-electron chi connectivity index (χ1n) is 6.73. The smallest absolute Gasteiger partial charge is 0.261 e. The van der Waals surface area contributed by atoms with Gasteiger partial charge in [-0.3, -0.25) is 4.79 Å². The number of rotatable bonds is 3. The van der Waals surface area contributed by atoms with Crippen molar-refractivity contribution in [3.05, 3.63) is 71.7 Å². The molecule has 4 nitrogen and oxygen atoms in total. The molecule has 0 fully saturated rings. The summed E-state index contributed by atoms with van der Waals surface area (Å²) >= 11 is 0. The van der Waals surface area contributed by atoms with Gasteiger partial charge in [-0.25, -0.2) is 4.39 Å². The van der Waals surface area contributed by atoms with Crippen LogP contribution in [-0.4, -0.2) is 11.1 Å². The largest absolute Gasteiger partial charge is 0.355 e. The number of carbonyl (C=O) groups is 1. The lowest BCUT2D eigenvalue weighted by molar-refractivity contribution is 0.102. The van der Waals surface area contributed by atoms with E-state index in [1.807, 2.05) is 31.2 Å². The number of nitrogens with one attached hydrogen (secondary N) is 1. The van der Waals surface area contributed by atoms with Gasteiger partial charge >= 0.3 is 0 Å². The fourth-order valence-corrected chi connectivity index (χ4v) is 2.11. The standard InChI is InChI=1S/C17H13FN2O2/c1-11-4-2-3-5-15(11)20-17(21)14-10-19-22-16(14)12-6-8-13(18)9-7-12/h2-10H,1H3,(H,20,21). The Hall–Kier alpha value is -2.95. The second kappa shape index (κ2) is 5.81. The van der Waals surface area contributed by atoms with E-state index >= 15 is 0 Å². The molecule has 3 rings (SSSR count). The second-order valence-electron chi connectivity index (χ2n) is 4.84. The molecule has 110 valence electrons. The van der Waals surface area contributed by atoms with Gasteiger partial charge in [-0.2, -0.15) is 0 Å². The van der Waals surface area contributed by atoms with Crippen molar-refractivity contribution in [3.8, 4) is 11.3 Å². The van der Waals surface area contributed by atoms with Crippen LogP contribution in [0, 0.1) is 12.7 Å². The van der Waals surface area contributed by atoms with Gasteiger partial charge in [0.25, 0.3) is 5.91 Å². The molecule has 0 saturated heterocycles. The summed E-state index contributed by atoms with van der Waals surface area (Å²) in [6, 6.07) is 13.2. The maximum atomic E-state index is 13.0. The highest BCUT2D eigenvalue weighted by Crippen LogP contribution is 2.25. The molecule has 0 saturated carbocycles. The lowest BCUT2D eigenvalue weighted by Gasteiger charge is -2.07. The van der Waals surface area contributed by atoms with E-state index in [9.17, 15) is 9.18 Å². The van der Waals surface area contributed by atoms with E-state index < -0.39 is 0 Å². The van der Waals surface area contributed by atoms with Crippen molar-refractivity contribution in [2.45, 2.75) is 6.92 Å². The zero-order valence-corrected chi connectivity index (χ0v) is 11.8. The summed E-state index contributed by atoms with van der Waals surface area (Å²) < 4.78 is 18.1. The van der Waals surface area contributed by atoms with E-state index in [-0.39, 0.29) is 11.7 Å². The van der Waals surface area contributed by atoms with Gasteiger partial charge in [0.2, 0.25) is 0 Å². The Balaban J connectivity index is 1.90. The van der Waals surface area contributed by atoms with Gasteiger partial charge < -0.3 is 9.84 Å². The predicted octanol–water partition coefficient (Wildman–Crippen LogP) is 4.04. The first kappa shape index (κ1) is 14.0. The number of aryl methyl sites for hydroxylation is 1. The van der Waals surface area contributed by atoms with Gasteiger partial charge in [-0.1, -0.05) is 23.4 Å². The maximum absolute atomic E-state index is 13.0. The lowest BCUT2D eigenvalue weighted by Crippen LogP contribution is -2.12. The summed E-state index contributed by atoms with van der Waals surface area (Å²) in [6.45, 7) is 1.91. The number of nitrogens with zero attached hydrogens (tertiary/aromatic N) is 1. The second-order valence-corrected chi connectivity index (χ2v) is 4.84. The molecule has 0 aliphatic rings. The number of halogens is 1. The number of amides is 1. The Labute approximate surface area is 126 Å². The minimum Gasteiger partial charge on any atom is -0.355 e. The third kappa shape index (κ3) is 2.74. The van der Waals surface area contributed by atoms with Crippen LogP contribution < -0.4 is 5.32 Å². The summed E-state index contributed by atoms with van der Waals surface area (Å²) in [5.74, 6) is -0.366. The first-order chi connectivity index (χ1) is 10.6. The number of hydrogen-bond acceptors (Lipinski definition) is 3. The molecule has 0 radical (unpaired) electrons. The molecule has 0 aliphatic heterocycles. The highest BCUT2D eigenvalue weighted by molar-refractivity contribution is 6.07. The highest BCUT2D eigenvalue weighted by Gasteiger charge is 2.18. The van der Waals surface area contributed by atoms with Gasteiger partial charge in [0.05, 0.1) is 6.20 Å². The molecule has 0 bridgehead atoms. The number of anilines is 1. The van der Waals surface area contributed by atoms with Gasteiger partial charge in [-0.15, -0.1) is 0 Å². The Morgan fingerprint density at radius 2 is 1.86 bits per heavy atom. The molecular weight excluding hydrogens is 283 g/mol.